The molecule has 4 heteroatoms. The van der Waals surface area contributed by atoms with Crippen molar-refractivity contribution in [3.8, 4) is 0 Å². The molecule has 16 heavy (non-hydrogen) atoms. The highest BCUT2D eigenvalue weighted by molar-refractivity contribution is 7.09. The first-order valence-corrected chi connectivity index (χ1v) is 6.83. The van der Waals surface area contributed by atoms with Crippen LogP contribution in [0.5, 0.6) is 0 Å². The average molecular weight is 241 g/mol. The minimum Gasteiger partial charge on any atom is -0.317 e. The van der Waals surface area contributed by atoms with E-state index in [4.69, 9.17) is 0 Å². The summed E-state index contributed by atoms with van der Waals surface area (Å²) in [7, 11) is 2.17. The third-order valence-electron chi connectivity index (χ3n) is 2.82. The average Bonchev–Trinajstić information content (AvgIpc) is 2.64. The number of nitrogens with zero attached hydrogens (tertiary/aromatic N) is 2. The standard InChI is InChI=1S/C12H23N3S/c1-5-13-7-6-10(2)15(4)8-12-9-16-11(3)14-12/h9-10,13H,5-8H2,1-4H3. The van der Waals surface area contributed by atoms with E-state index in [0.717, 1.165) is 24.6 Å². The largest absolute Gasteiger partial charge is 0.317 e. The van der Waals surface area contributed by atoms with Gasteiger partial charge in [-0.3, -0.25) is 4.90 Å². The zero-order chi connectivity index (χ0) is 12.0. The summed E-state index contributed by atoms with van der Waals surface area (Å²) >= 11 is 1.73. The lowest BCUT2D eigenvalue weighted by Gasteiger charge is -2.23. The summed E-state index contributed by atoms with van der Waals surface area (Å²) in [5, 5.41) is 6.67. The Hall–Kier alpha value is -0.450. The normalized spacial score (nSPS) is 13.3. The van der Waals surface area contributed by atoms with Gasteiger partial charge < -0.3 is 5.32 Å². The van der Waals surface area contributed by atoms with Crippen molar-refractivity contribution in [2.75, 3.05) is 20.1 Å². The summed E-state index contributed by atoms with van der Waals surface area (Å²) < 4.78 is 0. The van der Waals surface area contributed by atoms with Crippen LogP contribution in [0.1, 0.15) is 31.0 Å². The van der Waals surface area contributed by atoms with E-state index in [1.165, 1.54) is 12.1 Å². The molecule has 0 aliphatic rings. The Morgan fingerprint density at radius 2 is 2.31 bits per heavy atom. The molecule has 0 spiro atoms. The van der Waals surface area contributed by atoms with E-state index in [-0.39, 0.29) is 0 Å². The fourth-order valence-electron chi connectivity index (χ4n) is 1.60. The van der Waals surface area contributed by atoms with Gasteiger partial charge in [-0.15, -0.1) is 11.3 Å². The highest BCUT2D eigenvalue weighted by Crippen LogP contribution is 2.11. The molecule has 0 aliphatic heterocycles. The number of aromatic nitrogens is 1. The van der Waals surface area contributed by atoms with Crippen molar-refractivity contribution >= 4 is 11.3 Å². The van der Waals surface area contributed by atoms with Crippen LogP contribution in [0.3, 0.4) is 0 Å². The molecule has 1 atom stereocenters. The van der Waals surface area contributed by atoms with Crippen molar-refractivity contribution in [2.24, 2.45) is 0 Å². The second kappa shape index (κ2) is 6.99. The zero-order valence-corrected chi connectivity index (χ0v) is 11.6. The van der Waals surface area contributed by atoms with Gasteiger partial charge in [0.15, 0.2) is 0 Å². The Morgan fingerprint density at radius 3 is 2.88 bits per heavy atom. The molecule has 0 aliphatic carbocycles. The van der Waals surface area contributed by atoms with Crippen molar-refractivity contribution in [1.82, 2.24) is 15.2 Å². The number of hydrogen-bond donors (Lipinski definition) is 1. The fraction of sp³-hybridized carbons (Fsp3) is 0.750. The van der Waals surface area contributed by atoms with Crippen LogP contribution in [-0.2, 0) is 6.54 Å². The molecular formula is C12H23N3S. The maximum Gasteiger partial charge on any atom is 0.0897 e. The Labute approximate surface area is 103 Å². The van der Waals surface area contributed by atoms with Crippen LogP contribution in [-0.4, -0.2) is 36.1 Å². The fourth-order valence-corrected chi connectivity index (χ4v) is 2.20. The van der Waals surface area contributed by atoms with E-state index < -0.39 is 0 Å². The van der Waals surface area contributed by atoms with Crippen LogP contribution in [0.25, 0.3) is 0 Å². The Balaban J connectivity index is 2.30. The second-order valence-corrected chi connectivity index (χ2v) is 5.33. The summed E-state index contributed by atoms with van der Waals surface area (Å²) in [5.41, 5.74) is 1.19. The SMILES string of the molecule is CCNCCC(C)N(C)Cc1csc(C)n1. The van der Waals surface area contributed by atoms with Gasteiger partial charge >= 0.3 is 0 Å². The predicted octanol–water partition coefficient (Wildman–Crippen LogP) is 2.27. The predicted molar refractivity (Wildman–Crippen MR) is 70.9 cm³/mol. The van der Waals surface area contributed by atoms with Gasteiger partial charge in [-0.05, 0) is 40.4 Å². The maximum absolute atomic E-state index is 4.49. The minimum absolute atomic E-state index is 0.598. The van der Waals surface area contributed by atoms with E-state index in [1.807, 2.05) is 0 Å². The van der Waals surface area contributed by atoms with Gasteiger partial charge in [0.25, 0.3) is 0 Å². The third-order valence-corrected chi connectivity index (χ3v) is 3.64. The van der Waals surface area contributed by atoms with Crippen LogP contribution in [0, 0.1) is 6.92 Å². The molecule has 1 aromatic heterocycles. The van der Waals surface area contributed by atoms with Crippen molar-refractivity contribution in [2.45, 2.75) is 39.8 Å². The molecule has 0 saturated heterocycles. The van der Waals surface area contributed by atoms with Gasteiger partial charge in [-0.1, -0.05) is 6.92 Å². The summed E-state index contributed by atoms with van der Waals surface area (Å²) in [6.45, 7) is 9.59. The summed E-state index contributed by atoms with van der Waals surface area (Å²) in [6, 6.07) is 0.598. The zero-order valence-electron chi connectivity index (χ0n) is 10.8. The lowest BCUT2D eigenvalue weighted by molar-refractivity contribution is 0.234. The monoisotopic (exact) mass is 241 g/mol. The molecule has 1 N–H and O–H groups in total. The summed E-state index contributed by atoms with van der Waals surface area (Å²) in [5.74, 6) is 0. The van der Waals surface area contributed by atoms with E-state index in [2.05, 4.69) is 48.4 Å². The molecular weight excluding hydrogens is 218 g/mol. The van der Waals surface area contributed by atoms with Crippen molar-refractivity contribution in [3.63, 3.8) is 0 Å². The van der Waals surface area contributed by atoms with Gasteiger partial charge in [0.1, 0.15) is 0 Å². The lowest BCUT2D eigenvalue weighted by atomic mass is 10.2. The Bertz CT molecular complexity index is 298. The van der Waals surface area contributed by atoms with Gasteiger partial charge in [0.2, 0.25) is 0 Å². The van der Waals surface area contributed by atoms with Crippen LogP contribution in [0.15, 0.2) is 5.38 Å². The van der Waals surface area contributed by atoms with Gasteiger partial charge in [0.05, 0.1) is 10.7 Å². The molecule has 0 radical (unpaired) electrons. The van der Waals surface area contributed by atoms with Crippen LogP contribution < -0.4 is 5.32 Å². The Morgan fingerprint density at radius 1 is 1.56 bits per heavy atom. The summed E-state index contributed by atoms with van der Waals surface area (Å²) in [4.78, 5) is 6.86. The van der Waals surface area contributed by atoms with E-state index >= 15 is 0 Å². The highest BCUT2D eigenvalue weighted by Gasteiger charge is 2.10. The molecule has 0 bridgehead atoms. The second-order valence-electron chi connectivity index (χ2n) is 4.26. The molecule has 1 aromatic rings. The minimum atomic E-state index is 0.598. The smallest absolute Gasteiger partial charge is 0.0897 e. The first-order valence-electron chi connectivity index (χ1n) is 5.95. The number of nitrogens with one attached hydrogen (secondary N) is 1. The van der Waals surface area contributed by atoms with Gasteiger partial charge in [0, 0.05) is 18.0 Å². The third kappa shape index (κ3) is 4.60. The number of aryl methyl sites for hydroxylation is 1. The van der Waals surface area contributed by atoms with Crippen LogP contribution in [0.2, 0.25) is 0 Å². The molecule has 0 saturated carbocycles. The van der Waals surface area contributed by atoms with Gasteiger partial charge in [-0.2, -0.15) is 0 Å². The molecule has 1 heterocycles. The first kappa shape index (κ1) is 13.6. The topological polar surface area (TPSA) is 28.2 Å². The highest BCUT2D eigenvalue weighted by atomic mass is 32.1. The molecule has 1 rings (SSSR count). The quantitative estimate of drug-likeness (QED) is 0.742. The molecule has 0 fully saturated rings. The maximum atomic E-state index is 4.49. The van der Waals surface area contributed by atoms with Crippen molar-refractivity contribution in [1.29, 1.82) is 0 Å². The molecule has 92 valence electrons. The van der Waals surface area contributed by atoms with Crippen LogP contribution >= 0.6 is 11.3 Å². The van der Waals surface area contributed by atoms with Crippen LogP contribution in [0.4, 0.5) is 0 Å². The molecule has 3 nitrogen and oxygen atoms in total. The van der Waals surface area contributed by atoms with E-state index in [0.29, 0.717) is 6.04 Å². The van der Waals surface area contributed by atoms with E-state index in [9.17, 15) is 0 Å². The Kier molecular flexibility index (Phi) is 5.95. The first-order chi connectivity index (χ1) is 7.63. The summed E-state index contributed by atoms with van der Waals surface area (Å²) in [6.07, 6.45) is 1.19. The number of hydrogen-bond acceptors (Lipinski definition) is 4. The number of thiazole rings is 1. The van der Waals surface area contributed by atoms with Crippen molar-refractivity contribution < 1.29 is 0 Å². The molecule has 0 amide bonds. The van der Waals surface area contributed by atoms with E-state index in [1.54, 1.807) is 11.3 Å². The van der Waals surface area contributed by atoms with Crippen molar-refractivity contribution in [3.05, 3.63) is 16.1 Å². The number of rotatable bonds is 7. The molecule has 0 aromatic carbocycles. The lowest BCUT2D eigenvalue weighted by Crippen LogP contribution is -2.31. The van der Waals surface area contributed by atoms with Gasteiger partial charge in [-0.25, -0.2) is 4.98 Å². The molecule has 1 unspecified atom stereocenters.